The first-order valence-electron chi connectivity index (χ1n) is 7.56. The molecule has 0 saturated carbocycles. The van der Waals surface area contributed by atoms with Gasteiger partial charge in [0.15, 0.2) is 0 Å². The number of thioether (sulfide) groups is 1. The van der Waals surface area contributed by atoms with Crippen molar-refractivity contribution in [3.8, 4) is 0 Å². The van der Waals surface area contributed by atoms with Crippen LogP contribution in [0.5, 0.6) is 0 Å². The van der Waals surface area contributed by atoms with Gasteiger partial charge in [0, 0.05) is 11.8 Å². The standard InChI is InChI=1S/C18H23NOS/c1-18(2)11-15(12-21-13-18)19-17(16-9-6-10-20-16)14-7-4-3-5-8-14/h3-10,15,17,19H,11-13H2,1-2H3. The lowest BCUT2D eigenvalue weighted by atomic mass is 9.87. The van der Waals surface area contributed by atoms with Crippen LogP contribution in [-0.4, -0.2) is 17.5 Å². The highest BCUT2D eigenvalue weighted by Crippen LogP contribution is 2.35. The first-order valence-corrected chi connectivity index (χ1v) is 8.72. The molecule has 2 unspecified atom stereocenters. The molecule has 1 fully saturated rings. The van der Waals surface area contributed by atoms with E-state index >= 15 is 0 Å². The Bertz CT molecular complexity index is 550. The fourth-order valence-corrected chi connectivity index (χ4v) is 4.34. The van der Waals surface area contributed by atoms with Gasteiger partial charge in [-0.2, -0.15) is 11.8 Å². The molecule has 0 radical (unpaired) electrons. The van der Waals surface area contributed by atoms with Crippen LogP contribution in [0.3, 0.4) is 0 Å². The highest BCUT2D eigenvalue weighted by molar-refractivity contribution is 7.99. The fraction of sp³-hybridized carbons (Fsp3) is 0.444. The monoisotopic (exact) mass is 301 g/mol. The molecule has 0 amide bonds. The molecule has 3 rings (SSSR count). The van der Waals surface area contributed by atoms with Crippen LogP contribution in [0.2, 0.25) is 0 Å². The molecule has 0 aliphatic carbocycles. The minimum atomic E-state index is 0.140. The smallest absolute Gasteiger partial charge is 0.125 e. The summed E-state index contributed by atoms with van der Waals surface area (Å²) in [6.07, 6.45) is 2.97. The summed E-state index contributed by atoms with van der Waals surface area (Å²) < 4.78 is 5.67. The summed E-state index contributed by atoms with van der Waals surface area (Å²) in [5, 5.41) is 3.82. The van der Waals surface area contributed by atoms with Crippen LogP contribution in [0.1, 0.15) is 37.6 Å². The Balaban J connectivity index is 1.80. The zero-order valence-corrected chi connectivity index (χ0v) is 13.5. The zero-order chi connectivity index (χ0) is 14.7. The Morgan fingerprint density at radius 2 is 2.00 bits per heavy atom. The van der Waals surface area contributed by atoms with Crippen LogP contribution in [0.25, 0.3) is 0 Å². The molecule has 2 atom stereocenters. The first-order chi connectivity index (χ1) is 10.1. The van der Waals surface area contributed by atoms with Gasteiger partial charge in [0.1, 0.15) is 5.76 Å². The second kappa shape index (κ2) is 6.29. The van der Waals surface area contributed by atoms with Gasteiger partial charge in [-0.3, -0.25) is 0 Å². The van der Waals surface area contributed by atoms with Crippen LogP contribution in [0, 0.1) is 5.41 Å². The molecule has 2 aromatic rings. The summed E-state index contributed by atoms with van der Waals surface area (Å²) in [6.45, 7) is 4.72. The molecule has 0 spiro atoms. The highest BCUT2D eigenvalue weighted by atomic mass is 32.2. The van der Waals surface area contributed by atoms with Crippen molar-refractivity contribution in [2.24, 2.45) is 5.41 Å². The zero-order valence-electron chi connectivity index (χ0n) is 12.7. The Morgan fingerprint density at radius 1 is 1.19 bits per heavy atom. The normalized spacial score (nSPS) is 22.9. The number of hydrogen-bond acceptors (Lipinski definition) is 3. The molecule has 1 saturated heterocycles. The van der Waals surface area contributed by atoms with Crippen LogP contribution in [0.15, 0.2) is 53.1 Å². The average Bonchev–Trinajstić information content (AvgIpc) is 2.99. The van der Waals surface area contributed by atoms with Gasteiger partial charge < -0.3 is 9.73 Å². The maximum absolute atomic E-state index is 5.67. The van der Waals surface area contributed by atoms with Crippen molar-refractivity contribution in [2.75, 3.05) is 11.5 Å². The third kappa shape index (κ3) is 3.72. The Morgan fingerprint density at radius 3 is 2.67 bits per heavy atom. The number of hydrogen-bond donors (Lipinski definition) is 1. The summed E-state index contributed by atoms with van der Waals surface area (Å²) in [6, 6.07) is 15.3. The van der Waals surface area contributed by atoms with Crippen molar-refractivity contribution >= 4 is 11.8 Å². The molecule has 1 N–H and O–H groups in total. The van der Waals surface area contributed by atoms with Crippen molar-refractivity contribution in [1.29, 1.82) is 0 Å². The number of rotatable bonds is 4. The highest BCUT2D eigenvalue weighted by Gasteiger charge is 2.30. The molecule has 1 aromatic heterocycles. The van der Waals surface area contributed by atoms with Crippen LogP contribution in [-0.2, 0) is 0 Å². The molecule has 21 heavy (non-hydrogen) atoms. The van der Waals surface area contributed by atoms with Crippen molar-refractivity contribution in [3.05, 3.63) is 60.1 Å². The second-order valence-electron chi connectivity index (χ2n) is 6.61. The van der Waals surface area contributed by atoms with Gasteiger partial charge in [-0.25, -0.2) is 0 Å². The Hall–Kier alpha value is -1.19. The van der Waals surface area contributed by atoms with E-state index in [0.717, 1.165) is 5.76 Å². The van der Waals surface area contributed by atoms with E-state index < -0.39 is 0 Å². The quantitative estimate of drug-likeness (QED) is 0.900. The lowest BCUT2D eigenvalue weighted by molar-refractivity contribution is 0.299. The van der Waals surface area contributed by atoms with E-state index in [1.807, 2.05) is 6.07 Å². The SMILES string of the molecule is CC1(C)CSCC(NC(c2ccccc2)c2ccco2)C1. The van der Waals surface area contributed by atoms with E-state index in [1.54, 1.807) is 6.26 Å². The van der Waals surface area contributed by atoms with Crippen LogP contribution in [0.4, 0.5) is 0 Å². The molecule has 0 bridgehead atoms. The number of benzene rings is 1. The predicted molar refractivity (Wildman–Crippen MR) is 89.6 cm³/mol. The van der Waals surface area contributed by atoms with Crippen molar-refractivity contribution in [2.45, 2.75) is 32.4 Å². The minimum absolute atomic E-state index is 0.140. The van der Waals surface area contributed by atoms with E-state index in [4.69, 9.17) is 4.42 Å². The molecule has 1 aliphatic heterocycles. The number of furan rings is 1. The van der Waals surface area contributed by atoms with E-state index in [9.17, 15) is 0 Å². The average molecular weight is 301 g/mol. The topological polar surface area (TPSA) is 25.2 Å². The molecule has 1 aromatic carbocycles. The van der Waals surface area contributed by atoms with Gasteiger partial charge in [-0.1, -0.05) is 44.2 Å². The summed E-state index contributed by atoms with van der Waals surface area (Å²) in [5.74, 6) is 3.42. The maximum atomic E-state index is 5.67. The van der Waals surface area contributed by atoms with Crippen LogP contribution < -0.4 is 5.32 Å². The molecular weight excluding hydrogens is 278 g/mol. The third-order valence-electron chi connectivity index (χ3n) is 3.97. The molecule has 2 nitrogen and oxygen atoms in total. The largest absolute Gasteiger partial charge is 0.467 e. The van der Waals surface area contributed by atoms with E-state index in [2.05, 4.69) is 67.3 Å². The van der Waals surface area contributed by atoms with Crippen molar-refractivity contribution < 1.29 is 4.42 Å². The molecule has 112 valence electrons. The van der Waals surface area contributed by atoms with Gasteiger partial charge in [-0.05, 0) is 35.3 Å². The second-order valence-corrected chi connectivity index (χ2v) is 7.64. The molecular formula is C18H23NOS. The summed E-state index contributed by atoms with van der Waals surface area (Å²) in [4.78, 5) is 0. The van der Waals surface area contributed by atoms with Gasteiger partial charge in [0.25, 0.3) is 0 Å². The van der Waals surface area contributed by atoms with E-state index in [0.29, 0.717) is 11.5 Å². The fourth-order valence-electron chi connectivity index (χ4n) is 3.05. The van der Waals surface area contributed by atoms with Crippen molar-refractivity contribution in [3.63, 3.8) is 0 Å². The maximum Gasteiger partial charge on any atom is 0.125 e. The summed E-state index contributed by atoms with van der Waals surface area (Å²) in [7, 11) is 0. The van der Waals surface area contributed by atoms with E-state index in [1.165, 1.54) is 23.5 Å². The lowest BCUT2D eigenvalue weighted by Crippen LogP contribution is -2.42. The Kier molecular flexibility index (Phi) is 4.41. The van der Waals surface area contributed by atoms with Crippen molar-refractivity contribution in [1.82, 2.24) is 5.32 Å². The van der Waals surface area contributed by atoms with Gasteiger partial charge in [0.2, 0.25) is 0 Å². The van der Waals surface area contributed by atoms with Gasteiger partial charge in [0.05, 0.1) is 12.3 Å². The third-order valence-corrected chi connectivity index (χ3v) is 5.60. The van der Waals surface area contributed by atoms with Gasteiger partial charge in [-0.15, -0.1) is 0 Å². The molecule has 1 aliphatic rings. The number of nitrogens with one attached hydrogen (secondary N) is 1. The minimum Gasteiger partial charge on any atom is -0.467 e. The van der Waals surface area contributed by atoms with Crippen LogP contribution >= 0.6 is 11.8 Å². The molecule has 2 heterocycles. The Labute approximate surface area is 131 Å². The summed E-state index contributed by atoms with van der Waals surface area (Å²) in [5.41, 5.74) is 1.67. The predicted octanol–water partition coefficient (Wildman–Crippen LogP) is 4.49. The van der Waals surface area contributed by atoms with E-state index in [-0.39, 0.29) is 6.04 Å². The first kappa shape index (κ1) is 14.7. The summed E-state index contributed by atoms with van der Waals surface area (Å²) >= 11 is 2.05. The van der Waals surface area contributed by atoms with Gasteiger partial charge >= 0.3 is 0 Å². The molecule has 3 heteroatoms. The lowest BCUT2D eigenvalue weighted by Gasteiger charge is -2.37.